The van der Waals surface area contributed by atoms with E-state index in [4.69, 9.17) is 0 Å². The molecule has 0 saturated carbocycles. The van der Waals surface area contributed by atoms with Crippen molar-refractivity contribution >= 4 is 23.3 Å². The summed E-state index contributed by atoms with van der Waals surface area (Å²) in [5.74, 6) is -0.00499. The quantitative estimate of drug-likeness (QED) is 0.600. The third-order valence-corrected chi connectivity index (χ3v) is 1.75. The summed E-state index contributed by atoms with van der Waals surface area (Å²) in [6.45, 7) is 3.01. The molecule has 2 N–H and O–H groups in total. The number of carbonyl (C=O) groups excluding carboxylic acids is 2. The van der Waals surface area contributed by atoms with Crippen LogP contribution in [0.4, 0.5) is 5.82 Å². The van der Waals surface area contributed by atoms with E-state index in [9.17, 15) is 9.59 Å². The topological polar surface area (TPSA) is 83.5 Å². The number of anilines is 1. The molecule has 90 valence electrons. The molecule has 0 atom stereocenters. The smallest absolute Gasteiger partial charge is 0.236 e. The van der Waals surface area contributed by atoms with Gasteiger partial charge >= 0.3 is 0 Å². The highest BCUT2D eigenvalue weighted by Gasteiger charge is 2.04. The van der Waals surface area contributed by atoms with Gasteiger partial charge in [-0.05, 0) is 19.1 Å². The monoisotopic (exact) mass is 234 g/mol. The van der Waals surface area contributed by atoms with Gasteiger partial charge in [-0.1, -0.05) is 6.07 Å². The van der Waals surface area contributed by atoms with E-state index in [1.165, 1.54) is 6.92 Å². The summed E-state index contributed by atoms with van der Waals surface area (Å²) in [6, 6.07) is 5.23. The summed E-state index contributed by atoms with van der Waals surface area (Å²) >= 11 is 0. The van der Waals surface area contributed by atoms with Crippen LogP contribution in [0, 0.1) is 0 Å². The summed E-state index contributed by atoms with van der Waals surface area (Å²) in [5.41, 5.74) is 2.79. The molecular weight excluding hydrogens is 220 g/mol. The Kier molecular flexibility index (Phi) is 4.80. The number of amides is 2. The maximum atomic E-state index is 11.5. The summed E-state index contributed by atoms with van der Waals surface area (Å²) < 4.78 is 0. The zero-order valence-electron chi connectivity index (χ0n) is 9.73. The van der Waals surface area contributed by atoms with Crippen LogP contribution < -0.4 is 10.7 Å². The Morgan fingerprint density at radius 3 is 2.71 bits per heavy atom. The van der Waals surface area contributed by atoms with E-state index in [0.717, 1.165) is 0 Å². The number of nitrogens with zero attached hydrogens (tertiary/aromatic N) is 2. The van der Waals surface area contributed by atoms with Gasteiger partial charge in [-0.15, -0.1) is 0 Å². The Morgan fingerprint density at radius 2 is 2.12 bits per heavy atom. The third-order valence-electron chi connectivity index (χ3n) is 1.75. The number of carbonyl (C=O) groups is 2. The Balaban J connectivity index is 2.45. The third kappa shape index (κ3) is 5.41. The van der Waals surface area contributed by atoms with Crippen molar-refractivity contribution in [2.75, 3.05) is 5.32 Å². The first-order chi connectivity index (χ1) is 8.08. The molecule has 0 aliphatic carbocycles. The van der Waals surface area contributed by atoms with Gasteiger partial charge in [0.2, 0.25) is 11.8 Å². The van der Waals surface area contributed by atoms with Gasteiger partial charge in [0, 0.05) is 18.8 Å². The number of nitrogens with one attached hydrogen (secondary N) is 2. The predicted octanol–water partition coefficient (Wildman–Crippen LogP) is 0.922. The van der Waals surface area contributed by atoms with Crippen LogP contribution in [-0.4, -0.2) is 22.5 Å². The zero-order valence-corrected chi connectivity index (χ0v) is 9.73. The van der Waals surface area contributed by atoms with Crippen molar-refractivity contribution in [2.45, 2.75) is 20.3 Å². The number of hydrazone groups is 1. The Labute approximate surface area is 99.1 Å². The number of hydrogen-bond donors (Lipinski definition) is 2. The highest BCUT2D eigenvalue weighted by Crippen LogP contribution is 2.00. The standard InChI is InChI=1S/C11H14N4O2/c1-8(14-15-9(2)16)7-11(17)13-10-5-3-4-6-12-10/h3-6H,7H2,1-2H3,(H,15,16)(H,12,13,17)/b14-8+. The van der Waals surface area contributed by atoms with Crippen molar-refractivity contribution in [1.82, 2.24) is 10.4 Å². The normalized spacial score (nSPS) is 10.8. The lowest BCUT2D eigenvalue weighted by Gasteiger charge is -2.03. The molecule has 0 saturated heterocycles. The molecule has 6 nitrogen and oxygen atoms in total. The maximum absolute atomic E-state index is 11.5. The summed E-state index contributed by atoms with van der Waals surface area (Å²) in [5, 5.41) is 6.36. The molecule has 0 aliphatic rings. The first kappa shape index (κ1) is 12.8. The minimum absolute atomic E-state index is 0.108. The van der Waals surface area contributed by atoms with Gasteiger partial charge in [-0.3, -0.25) is 9.59 Å². The number of pyridine rings is 1. The number of hydrogen-bond acceptors (Lipinski definition) is 4. The first-order valence-electron chi connectivity index (χ1n) is 5.08. The fraction of sp³-hybridized carbons (Fsp3) is 0.273. The van der Waals surface area contributed by atoms with E-state index in [1.54, 1.807) is 31.3 Å². The minimum Gasteiger partial charge on any atom is -0.310 e. The molecule has 6 heteroatoms. The van der Waals surface area contributed by atoms with Crippen molar-refractivity contribution in [3.8, 4) is 0 Å². The molecule has 0 radical (unpaired) electrons. The van der Waals surface area contributed by atoms with Crippen molar-refractivity contribution in [3.63, 3.8) is 0 Å². The summed E-state index contributed by atoms with van der Waals surface area (Å²) in [7, 11) is 0. The highest BCUT2D eigenvalue weighted by molar-refractivity contribution is 6.05. The van der Waals surface area contributed by atoms with E-state index in [2.05, 4.69) is 20.8 Å². The highest BCUT2D eigenvalue weighted by atomic mass is 16.2. The number of rotatable bonds is 4. The lowest BCUT2D eigenvalue weighted by Crippen LogP contribution is -2.19. The molecule has 0 fully saturated rings. The van der Waals surface area contributed by atoms with Gasteiger partial charge in [-0.25, -0.2) is 10.4 Å². The average molecular weight is 234 g/mol. The van der Waals surface area contributed by atoms with Crippen LogP contribution in [0.2, 0.25) is 0 Å². The van der Waals surface area contributed by atoms with Crippen LogP contribution in [0.25, 0.3) is 0 Å². The van der Waals surface area contributed by atoms with Crippen LogP contribution in [0.15, 0.2) is 29.5 Å². The predicted molar refractivity (Wildman–Crippen MR) is 64.4 cm³/mol. The van der Waals surface area contributed by atoms with Crippen molar-refractivity contribution in [3.05, 3.63) is 24.4 Å². The van der Waals surface area contributed by atoms with Crippen LogP contribution in [0.5, 0.6) is 0 Å². The van der Waals surface area contributed by atoms with Crippen molar-refractivity contribution in [1.29, 1.82) is 0 Å². The van der Waals surface area contributed by atoms with Gasteiger partial charge in [0.25, 0.3) is 0 Å². The van der Waals surface area contributed by atoms with Crippen molar-refractivity contribution < 1.29 is 9.59 Å². The molecule has 0 spiro atoms. The molecule has 1 rings (SSSR count). The first-order valence-corrected chi connectivity index (χ1v) is 5.08. The molecule has 1 heterocycles. The Morgan fingerprint density at radius 1 is 1.35 bits per heavy atom. The Bertz CT molecular complexity index is 428. The fourth-order valence-corrected chi connectivity index (χ4v) is 1.07. The number of aromatic nitrogens is 1. The molecule has 0 bridgehead atoms. The second-order valence-electron chi connectivity index (χ2n) is 3.45. The maximum Gasteiger partial charge on any atom is 0.236 e. The lowest BCUT2D eigenvalue weighted by atomic mass is 10.3. The molecule has 0 aromatic carbocycles. The van der Waals surface area contributed by atoms with E-state index in [1.807, 2.05) is 0 Å². The molecule has 0 unspecified atom stereocenters. The fourth-order valence-electron chi connectivity index (χ4n) is 1.07. The van der Waals surface area contributed by atoms with E-state index >= 15 is 0 Å². The second kappa shape index (κ2) is 6.37. The van der Waals surface area contributed by atoms with Gasteiger partial charge in [0.15, 0.2) is 0 Å². The van der Waals surface area contributed by atoms with Gasteiger partial charge < -0.3 is 5.32 Å². The average Bonchev–Trinajstić information content (AvgIpc) is 2.27. The minimum atomic E-state index is -0.269. The Hall–Kier alpha value is -2.24. The van der Waals surface area contributed by atoms with Crippen LogP contribution >= 0.6 is 0 Å². The van der Waals surface area contributed by atoms with E-state index in [-0.39, 0.29) is 18.2 Å². The molecule has 17 heavy (non-hydrogen) atoms. The summed E-state index contributed by atoms with van der Waals surface area (Å²) in [4.78, 5) is 26.1. The van der Waals surface area contributed by atoms with Crippen LogP contribution in [0.1, 0.15) is 20.3 Å². The molecule has 1 aromatic rings. The molecule has 2 amide bonds. The van der Waals surface area contributed by atoms with E-state index < -0.39 is 0 Å². The molecular formula is C11H14N4O2. The molecule has 0 aliphatic heterocycles. The van der Waals surface area contributed by atoms with Gasteiger partial charge in [0.1, 0.15) is 5.82 Å². The summed E-state index contributed by atoms with van der Waals surface area (Å²) in [6.07, 6.45) is 1.70. The zero-order chi connectivity index (χ0) is 12.7. The van der Waals surface area contributed by atoms with Crippen LogP contribution in [-0.2, 0) is 9.59 Å². The van der Waals surface area contributed by atoms with Gasteiger partial charge in [0.05, 0.1) is 6.42 Å². The largest absolute Gasteiger partial charge is 0.310 e. The van der Waals surface area contributed by atoms with Gasteiger partial charge in [-0.2, -0.15) is 5.10 Å². The molecule has 1 aromatic heterocycles. The van der Waals surface area contributed by atoms with Crippen molar-refractivity contribution in [2.24, 2.45) is 5.10 Å². The van der Waals surface area contributed by atoms with E-state index in [0.29, 0.717) is 11.5 Å². The SMILES string of the molecule is CC(=O)N/N=C(\C)CC(=O)Nc1ccccn1. The second-order valence-corrected chi connectivity index (χ2v) is 3.45. The lowest BCUT2D eigenvalue weighted by molar-refractivity contribution is -0.119. The van der Waals surface area contributed by atoms with Crippen LogP contribution in [0.3, 0.4) is 0 Å².